The molecule has 2 heterocycles. The number of likely N-dealkylation sites (tertiary alicyclic amines) is 1. The van der Waals surface area contributed by atoms with Crippen LogP contribution in [0.15, 0.2) is 11.4 Å². The van der Waals surface area contributed by atoms with Crippen LogP contribution in [0.5, 0.6) is 5.75 Å². The van der Waals surface area contributed by atoms with E-state index in [1.54, 1.807) is 13.2 Å². The van der Waals surface area contributed by atoms with Crippen molar-refractivity contribution in [3.05, 3.63) is 16.3 Å². The number of hydrogen-bond donors (Lipinski definition) is 1. The van der Waals surface area contributed by atoms with Gasteiger partial charge in [0.2, 0.25) is 0 Å². The van der Waals surface area contributed by atoms with Crippen molar-refractivity contribution in [2.24, 2.45) is 0 Å². The highest BCUT2D eigenvalue weighted by atomic mass is 32.1. The number of aliphatic hydroxyl groups is 1. The SMILES string of the molecule is COc1csc(C(=O)N2CCC(OCCO)CC2)c1. The third kappa shape index (κ3) is 3.68. The Labute approximate surface area is 116 Å². The number of thiophene rings is 1. The van der Waals surface area contributed by atoms with Crippen LogP contribution in [0, 0.1) is 0 Å². The van der Waals surface area contributed by atoms with Crippen molar-refractivity contribution >= 4 is 17.2 Å². The summed E-state index contributed by atoms with van der Waals surface area (Å²) in [4.78, 5) is 14.8. The second kappa shape index (κ2) is 6.88. The number of ether oxygens (including phenoxy) is 2. The molecule has 0 unspecified atom stereocenters. The molecule has 1 aromatic rings. The Hall–Kier alpha value is -1.11. The first-order valence-corrected chi connectivity index (χ1v) is 7.27. The van der Waals surface area contributed by atoms with Crippen LogP contribution in [0.2, 0.25) is 0 Å². The lowest BCUT2D eigenvalue weighted by molar-refractivity contribution is -0.00545. The number of hydrogen-bond acceptors (Lipinski definition) is 5. The molecule has 0 bridgehead atoms. The highest BCUT2D eigenvalue weighted by Gasteiger charge is 2.24. The molecule has 5 nitrogen and oxygen atoms in total. The van der Waals surface area contributed by atoms with Gasteiger partial charge in [0.25, 0.3) is 5.91 Å². The summed E-state index contributed by atoms with van der Waals surface area (Å²) in [6.07, 6.45) is 1.82. The topological polar surface area (TPSA) is 59.0 Å². The molecular weight excluding hydrogens is 266 g/mol. The lowest BCUT2D eigenvalue weighted by Crippen LogP contribution is -2.40. The zero-order valence-electron chi connectivity index (χ0n) is 11.0. The fraction of sp³-hybridized carbons (Fsp3) is 0.615. The van der Waals surface area contributed by atoms with E-state index in [1.807, 2.05) is 10.3 Å². The highest BCUT2D eigenvalue weighted by Crippen LogP contribution is 2.24. The molecule has 1 aromatic heterocycles. The van der Waals surface area contributed by atoms with Gasteiger partial charge in [0.1, 0.15) is 5.75 Å². The number of amides is 1. The van der Waals surface area contributed by atoms with E-state index in [0.717, 1.165) is 18.6 Å². The van der Waals surface area contributed by atoms with Crippen LogP contribution in [0.1, 0.15) is 22.5 Å². The lowest BCUT2D eigenvalue weighted by atomic mass is 10.1. The second-order valence-corrected chi connectivity index (χ2v) is 5.35. The Morgan fingerprint density at radius 2 is 2.26 bits per heavy atom. The zero-order valence-corrected chi connectivity index (χ0v) is 11.8. The summed E-state index contributed by atoms with van der Waals surface area (Å²) in [6.45, 7) is 1.83. The molecule has 106 valence electrons. The molecule has 1 saturated heterocycles. The minimum absolute atomic E-state index is 0.0497. The average molecular weight is 285 g/mol. The normalized spacial score (nSPS) is 16.6. The van der Waals surface area contributed by atoms with Gasteiger partial charge in [-0.1, -0.05) is 0 Å². The van der Waals surface area contributed by atoms with E-state index in [1.165, 1.54) is 11.3 Å². The number of carbonyl (C=O) groups is 1. The van der Waals surface area contributed by atoms with Crippen molar-refractivity contribution in [2.45, 2.75) is 18.9 Å². The largest absolute Gasteiger partial charge is 0.496 e. The fourth-order valence-corrected chi connectivity index (χ4v) is 2.96. The highest BCUT2D eigenvalue weighted by molar-refractivity contribution is 7.12. The lowest BCUT2D eigenvalue weighted by Gasteiger charge is -2.31. The van der Waals surface area contributed by atoms with E-state index in [2.05, 4.69) is 0 Å². The van der Waals surface area contributed by atoms with Gasteiger partial charge < -0.3 is 19.5 Å². The van der Waals surface area contributed by atoms with Crippen molar-refractivity contribution in [3.63, 3.8) is 0 Å². The minimum Gasteiger partial charge on any atom is -0.496 e. The van der Waals surface area contributed by atoms with Gasteiger partial charge in [0, 0.05) is 24.5 Å². The van der Waals surface area contributed by atoms with E-state index >= 15 is 0 Å². The number of nitrogens with zero attached hydrogens (tertiary/aromatic N) is 1. The molecule has 0 atom stereocenters. The first-order valence-electron chi connectivity index (χ1n) is 6.39. The summed E-state index contributed by atoms with van der Waals surface area (Å²) in [6, 6.07) is 1.78. The Balaban J connectivity index is 1.85. The summed E-state index contributed by atoms with van der Waals surface area (Å²) in [5, 5.41) is 10.5. The number of carbonyl (C=O) groups excluding carboxylic acids is 1. The second-order valence-electron chi connectivity index (χ2n) is 4.44. The van der Waals surface area contributed by atoms with Gasteiger partial charge in [-0.05, 0) is 12.8 Å². The third-order valence-electron chi connectivity index (χ3n) is 3.20. The Morgan fingerprint density at radius 3 is 2.84 bits per heavy atom. The zero-order chi connectivity index (χ0) is 13.7. The molecule has 0 aliphatic carbocycles. The molecule has 1 N–H and O–H groups in total. The van der Waals surface area contributed by atoms with E-state index in [-0.39, 0.29) is 18.6 Å². The molecular formula is C13H19NO4S. The van der Waals surface area contributed by atoms with Crippen LogP contribution in [-0.2, 0) is 4.74 Å². The summed E-state index contributed by atoms with van der Waals surface area (Å²) < 4.78 is 10.6. The molecule has 19 heavy (non-hydrogen) atoms. The predicted molar refractivity (Wildman–Crippen MR) is 72.8 cm³/mol. The van der Waals surface area contributed by atoms with Crippen molar-refractivity contribution in [1.29, 1.82) is 0 Å². The van der Waals surface area contributed by atoms with E-state index < -0.39 is 0 Å². The smallest absolute Gasteiger partial charge is 0.264 e. The van der Waals surface area contributed by atoms with Crippen molar-refractivity contribution < 1.29 is 19.4 Å². The number of methoxy groups -OCH3 is 1. The molecule has 0 saturated carbocycles. The number of aliphatic hydroxyl groups excluding tert-OH is 1. The van der Waals surface area contributed by atoms with Gasteiger partial charge in [-0.2, -0.15) is 0 Å². The quantitative estimate of drug-likeness (QED) is 0.887. The molecule has 6 heteroatoms. The maximum absolute atomic E-state index is 12.2. The number of piperidine rings is 1. The molecule has 1 aliphatic rings. The Morgan fingerprint density at radius 1 is 1.53 bits per heavy atom. The number of rotatable bonds is 5. The maximum atomic E-state index is 12.2. The molecule has 1 fully saturated rings. The van der Waals surface area contributed by atoms with Crippen molar-refractivity contribution in [3.8, 4) is 5.75 Å². The van der Waals surface area contributed by atoms with Gasteiger partial charge >= 0.3 is 0 Å². The van der Waals surface area contributed by atoms with Crippen LogP contribution >= 0.6 is 11.3 Å². The van der Waals surface area contributed by atoms with Crippen LogP contribution in [-0.4, -0.2) is 55.4 Å². The van der Waals surface area contributed by atoms with Gasteiger partial charge in [0.05, 0.1) is 31.3 Å². The van der Waals surface area contributed by atoms with E-state index in [9.17, 15) is 4.79 Å². The summed E-state index contributed by atoms with van der Waals surface area (Å²) in [7, 11) is 1.60. The standard InChI is InChI=1S/C13H19NO4S/c1-17-11-8-12(19-9-11)13(16)14-4-2-10(3-5-14)18-7-6-15/h8-10,15H,2-7H2,1H3. The van der Waals surface area contributed by atoms with Gasteiger partial charge in [-0.15, -0.1) is 11.3 Å². The first kappa shape index (κ1) is 14.3. The molecule has 0 aromatic carbocycles. The van der Waals surface area contributed by atoms with Gasteiger partial charge in [-0.3, -0.25) is 4.79 Å². The Kier molecular flexibility index (Phi) is 5.18. The van der Waals surface area contributed by atoms with Crippen LogP contribution in [0.3, 0.4) is 0 Å². The molecule has 1 aliphatic heterocycles. The van der Waals surface area contributed by atoms with Crippen molar-refractivity contribution in [1.82, 2.24) is 4.90 Å². The van der Waals surface area contributed by atoms with Crippen LogP contribution < -0.4 is 4.74 Å². The fourth-order valence-electron chi connectivity index (χ4n) is 2.14. The van der Waals surface area contributed by atoms with E-state index in [4.69, 9.17) is 14.6 Å². The maximum Gasteiger partial charge on any atom is 0.264 e. The predicted octanol–water partition coefficient (Wildman–Crippen LogP) is 1.37. The molecule has 2 rings (SSSR count). The van der Waals surface area contributed by atoms with Gasteiger partial charge in [-0.25, -0.2) is 0 Å². The summed E-state index contributed by atoms with van der Waals surface area (Å²) in [5.74, 6) is 0.795. The third-order valence-corrected chi connectivity index (χ3v) is 4.09. The van der Waals surface area contributed by atoms with Crippen LogP contribution in [0.25, 0.3) is 0 Å². The first-order chi connectivity index (χ1) is 9.24. The molecule has 0 spiro atoms. The van der Waals surface area contributed by atoms with Crippen LogP contribution in [0.4, 0.5) is 0 Å². The summed E-state index contributed by atoms with van der Waals surface area (Å²) >= 11 is 1.41. The van der Waals surface area contributed by atoms with E-state index in [0.29, 0.717) is 24.6 Å². The minimum atomic E-state index is 0.0497. The van der Waals surface area contributed by atoms with Gasteiger partial charge in [0.15, 0.2) is 0 Å². The molecule has 1 amide bonds. The monoisotopic (exact) mass is 285 g/mol. The summed E-state index contributed by atoms with van der Waals surface area (Å²) in [5.41, 5.74) is 0. The average Bonchev–Trinajstić information content (AvgIpc) is 2.94. The Bertz CT molecular complexity index is 413. The van der Waals surface area contributed by atoms with Crippen molar-refractivity contribution in [2.75, 3.05) is 33.4 Å². The molecule has 0 radical (unpaired) electrons.